The second kappa shape index (κ2) is 8.63. The lowest BCUT2D eigenvalue weighted by Crippen LogP contribution is -2.12. The topological polar surface area (TPSA) is 56.1 Å². The van der Waals surface area contributed by atoms with E-state index in [-0.39, 0.29) is 5.91 Å². The molecule has 29 heavy (non-hydrogen) atoms. The van der Waals surface area contributed by atoms with Crippen LogP contribution in [0, 0.1) is 0 Å². The summed E-state index contributed by atoms with van der Waals surface area (Å²) in [7, 11) is 0. The van der Waals surface area contributed by atoms with Gasteiger partial charge in [0.25, 0.3) is 5.91 Å². The minimum Gasteiger partial charge on any atom is -0.455 e. The maximum Gasteiger partial charge on any atom is 0.258 e. The summed E-state index contributed by atoms with van der Waals surface area (Å²) in [6, 6.07) is 24.4. The van der Waals surface area contributed by atoms with E-state index < -0.39 is 0 Å². The number of hydrogen-bond acceptors (Lipinski definition) is 3. The Labute approximate surface area is 173 Å². The third-order valence-corrected chi connectivity index (χ3v) is 4.48. The number of hydrogen-bond donors (Lipinski definition) is 1. The van der Waals surface area contributed by atoms with Crippen LogP contribution in [0.4, 0.5) is 5.69 Å². The van der Waals surface area contributed by atoms with Crippen molar-refractivity contribution in [2.45, 2.75) is 6.54 Å². The van der Waals surface area contributed by atoms with Crippen LogP contribution in [0.5, 0.6) is 11.5 Å². The smallest absolute Gasteiger partial charge is 0.258 e. The number of amides is 1. The molecule has 1 N–H and O–H groups in total. The molecule has 0 aliphatic rings. The Morgan fingerprint density at radius 2 is 1.72 bits per heavy atom. The maximum absolute atomic E-state index is 12.7. The molecule has 0 saturated heterocycles. The van der Waals surface area contributed by atoms with Gasteiger partial charge >= 0.3 is 0 Å². The van der Waals surface area contributed by atoms with Gasteiger partial charge in [0.15, 0.2) is 5.75 Å². The predicted octanol–water partition coefficient (Wildman–Crippen LogP) is 5.63. The summed E-state index contributed by atoms with van der Waals surface area (Å²) in [6.45, 7) is 0.591. The Morgan fingerprint density at radius 3 is 2.48 bits per heavy atom. The van der Waals surface area contributed by atoms with Crippen LogP contribution in [0.25, 0.3) is 0 Å². The van der Waals surface area contributed by atoms with E-state index in [1.807, 2.05) is 60.7 Å². The highest BCUT2D eigenvalue weighted by atomic mass is 35.5. The lowest BCUT2D eigenvalue weighted by Gasteiger charge is -2.12. The summed E-state index contributed by atoms with van der Waals surface area (Å²) < 4.78 is 7.62. The summed E-state index contributed by atoms with van der Waals surface area (Å²) in [5, 5.41) is 7.64. The Kier molecular flexibility index (Phi) is 5.59. The van der Waals surface area contributed by atoms with Crippen molar-refractivity contribution in [2.24, 2.45) is 0 Å². The highest BCUT2D eigenvalue weighted by Gasteiger charge is 2.13. The molecule has 0 unspecified atom stereocenters. The number of nitrogens with zero attached hydrogens (tertiary/aromatic N) is 2. The minimum absolute atomic E-state index is 0.288. The fourth-order valence-electron chi connectivity index (χ4n) is 2.84. The largest absolute Gasteiger partial charge is 0.455 e. The number of para-hydroxylation sites is 1. The Hall–Kier alpha value is -3.57. The summed E-state index contributed by atoms with van der Waals surface area (Å²) in [4.78, 5) is 12.7. The zero-order valence-electron chi connectivity index (χ0n) is 15.5. The number of ether oxygens (including phenoxy) is 1. The van der Waals surface area contributed by atoms with Crippen molar-refractivity contribution >= 4 is 23.2 Å². The molecule has 1 aromatic heterocycles. The molecule has 6 heteroatoms. The first-order chi connectivity index (χ1) is 14.2. The number of benzene rings is 3. The molecule has 0 saturated carbocycles. The molecule has 0 aliphatic heterocycles. The molecule has 0 atom stereocenters. The van der Waals surface area contributed by atoms with Gasteiger partial charge in [-0.2, -0.15) is 5.10 Å². The van der Waals surface area contributed by atoms with Gasteiger partial charge in [0.1, 0.15) is 5.75 Å². The second-order valence-electron chi connectivity index (χ2n) is 6.42. The summed E-state index contributed by atoms with van der Waals surface area (Å²) in [5.41, 5.74) is 2.05. The number of halogens is 1. The number of aromatic nitrogens is 2. The van der Waals surface area contributed by atoms with Crippen molar-refractivity contribution < 1.29 is 9.53 Å². The number of rotatable bonds is 6. The highest BCUT2D eigenvalue weighted by molar-refractivity contribution is 6.31. The van der Waals surface area contributed by atoms with Crippen molar-refractivity contribution in [3.05, 3.63) is 107 Å². The molecular weight excluding hydrogens is 386 g/mol. The Balaban J connectivity index is 1.50. The molecule has 0 radical (unpaired) electrons. The van der Waals surface area contributed by atoms with Gasteiger partial charge in [-0.05, 0) is 35.9 Å². The summed E-state index contributed by atoms with van der Waals surface area (Å²) in [6.07, 6.45) is 3.26. The van der Waals surface area contributed by atoms with E-state index in [4.69, 9.17) is 16.3 Å². The molecule has 0 spiro atoms. The van der Waals surface area contributed by atoms with Gasteiger partial charge in [0.2, 0.25) is 0 Å². The lowest BCUT2D eigenvalue weighted by atomic mass is 10.2. The Morgan fingerprint density at radius 1 is 1.00 bits per heavy atom. The van der Waals surface area contributed by atoms with Crippen molar-refractivity contribution in [3.63, 3.8) is 0 Å². The Bertz CT molecular complexity index is 1110. The molecule has 1 heterocycles. The van der Waals surface area contributed by atoms with Crippen LogP contribution >= 0.6 is 11.6 Å². The fourth-order valence-corrected chi connectivity index (χ4v) is 3.01. The van der Waals surface area contributed by atoms with Crippen LogP contribution in [0.2, 0.25) is 5.02 Å². The normalized spacial score (nSPS) is 10.5. The number of carbonyl (C=O) groups excluding carboxylic acids is 1. The molecule has 1 amide bonds. The zero-order valence-corrected chi connectivity index (χ0v) is 16.2. The quantitative estimate of drug-likeness (QED) is 0.454. The molecule has 4 rings (SSSR count). The molecule has 3 aromatic carbocycles. The van der Waals surface area contributed by atoms with Crippen molar-refractivity contribution in [2.75, 3.05) is 5.32 Å². The van der Waals surface area contributed by atoms with E-state index in [1.165, 1.54) is 0 Å². The molecule has 4 aromatic rings. The molecular formula is C23H18ClN3O2. The molecule has 5 nitrogen and oxygen atoms in total. The van der Waals surface area contributed by atoms with E-state index in [2.05, 4.69) is 10.4 Å². The van der Waals surface area contributed by atoms with E-state index in [1.54, 1.807) is 35.3 Å². The first-order valence-corrected chi connectivity index (χ1v) is 9.45. The third-order valence-electron chi connectivity index (χ3n) is 4.24. The predicted molar refractivity (Wildman–Crippen MR) is 114 cm³/mol. The third kappa shape index (κ3) is 4.83. The second-order valence-corrected chi connectivity index (χ2v) is 6.86. The minimum atomic E-state index is -0.288. The van der Waals surface area contributed by atoms with E-state index in [0.29, 0.717) is 34.3 Å². The van der Waals surface area contributed by atoms with E-state index in [0.717, 1.165) is 5.56 Å². The van der Waals surface area contributed by atoms with E-state index in [9.17, 15) is 4.79 Å². The van der Waals surface area contributed by atoms with Crippen LogP contribution < -0.4 is 10.1 Å². The monoisotopic (exact) mass is 403 g/mol. The number of nitrogens with one attached hydrogen (secondary N) is 1. The molecule has 0 fully saturated rings. The maximum atomic E-state index is 12.7. The van der Waals surface area contributed by atoms with Gasteiger partial charge in [0.05, 0.1) is 24.0 Å². The SMILES string of the molecule is O=C(Nc1cc(Cl)ccc1Oc1ccccc1)c1cnn(Cc2ccccc2)c1. The van der Waals surface area contributed by atoms with Gasteiger partial charge < -0.3 is 10.1 Å². The van der Waals surface area contributed by atoms with Crippen LogP contribution in [0.1, 0.15) is 15.9 Å². The van der Waals surface area contributed by atoms with Gasteiger partial charge in [0, 0.05) is 11.2 Å². The van der Waals surface area contributed by atoms with Crippen molar-refractivity contribution in [3.8, 4) is 11.5 Å². The van der Waals surface area contributed by atoms with Gasteiger partial charge in [-0.15, -0.1) is 0 Å². The van der Waals surface area contributed by atoms with Crippen LogP contribution in [-0.4, -0.2) is 15.7 Å². The zero-order chi connectivity index (χ0) is 20.1. The number of anilines is 1. The molecule has 144 valence electrons. The summed E-state index contributed by atoms with van der Waals surface area (Å²) in [5.74, 6) is 0.885. The van der Waals surface area contributed by atoms with Gasteiger partial charge in [-0.25, -0.2) is 0 Å². The van der Waals surface area contributed by atoms with Gasteiger partial charge in [-0.1, -0.05) is 60.1 Å². The fraction of sp³-hybridized carbons (Fsp3) is 0.0435. The van der Waals surface area contributed by atoms with E-state index >= 15 is 0 Å². The molecule has 0 aliphatic carbocycles. The van der Waals surface area contributed by atoms with Crippen molar-refractivity contribution in [1.29, 1.82) is 0 Å². The molecule has 0 bridgehead atoms. The first-order valence-electron chi connectivity index (χ1n) is 9.07. The lowest BCUT2D eigenvalue weighted by molar-refractivity contribution is 0.102. The van der Waals surface area contributed by atoms with Crippen LogP contribution in [-0.2, 0) is 6.54 Å². The van der Waals surface area contributed by atoms with Crippen LogP contribution in [0.3, 0.4) is 0 Å². The summed E-state index contributed by atoms with van der Waals surface area (Å²) >= 11 is 6.12. The average Bonchev–Trinajstić information content (AvgIpc) is 3.20. The average molecular weight is 404 g/mol. The van der Waals surface area contributed by atoms with Crippen LogP contribution in [0.15, 0.2) is 91.3 Å². The number of carbonyl (C=O) groups is 1. The standard InChI is InChI=1S/C23H18ClN3O2/c24-19-11-12-22(29-20-9-5-2-6-10-20)21(13-19)26-23(28)18-14-25-27(16-18)15-17-7-3-1-4-8-17/h1-14,16H,15H2,(H,26,28). The van der Waals surface area contributed by atoms with Gasteiger partial charge in [-0.3, -0.25) is 9.48 Å². The van der Waals surface area contributed by atoms with Crippen molar-refractivity contribution in [1.82, 2.24) is 9.78 Å². The highest BCUT2D eigenvalue weighted by Crippen LogP contribution is 2.32. The first kappa shape index (κ1) is 18.8.